The van der Waals surface area contributed by atoms with Crippen LogP contribution in [0, 0.1) is 11.3 Å². The van der Waals surface area contributed by atoms with Crippen molar-refractivity contribution < 1.29 is 17.9 Å². The molecular formula is C11H11ClN2O4S. The number of rotatable bonds is 4. The molecule has 102 valence electrons. The van der Waals surface area contributed by atoms with E-state index in [0.717, 1.165) is 13.2 Å². The molecule has 0 amide bonds. The van der Waals surface area contributed by atoms with E-state index in [1.54, 1.807) is 6.07 Å². The number of sulfonamides is 1. The van der Waals surface area contributed by atoms with Crippen molar-refractivity contribution in [2.75, 3.05) is 7.11 Å². The SMILES string of the molecule is COC(=O)C(C)NS(=O)(=O)c1cc(Cl)ccc1C#N. The van der Waals surface area contributed by atoms with Crippen LogP contribution in [0.2, 0.25) is 5.02 Å². The van der Waals surface area contributed by atoms with Crippen LogP contribution in [0.15, 0.2) is 23.1 Å². The Balaban J connectivity index is 3.18. The Hall–Kier alpha value is -1.62. The molecule has 0 bridgehead atoms. The zero-order chi connectivity index (χ0) is 14.6. The number of benzene rings is 1. The van der Waals surface area contributed by atoms with Crippen LogP contribution in [-0.2, 0) is 19.6 Å². The van der Waals surface area contributed by atoms with Gasteiger partial charge in [0.25, 0.3) is 0 Å². The lowest BCUT2D eigenvalue weighted by Gasteiger charge is -2.13. The molecule has 0 aromatic heterocycles. The molecule has 0 radical (unpaired) electrons. The number of hydrogen-bond acceptors (Lipinski definition) is 5. The number of nitrogens with zero attached hydrogens (tertiary/aromatic N) is 1. The van der Waals surface area contributed by atoms with Crippen molar-refractivity contribution >= 4 is 27.6 Å². The first kappa shape index (κ1) is 15.4. The number of ether oxygens (including phenoxy) is 1. The first-order chi connectivity index (χ1) is 8.81. The fourth-order valence-corrected chi connectivity index (χ4v) is 2.94. The van der Waals surface area contributed by atoms with Gasteiger partial charge in [0.1, 0.15) is 17.0 Å². The van der Waals surface area contributed by atoms with Gasteiger partial charge < -0.3 is 4.74 Å². The first-order valence-corrected chi connectivity index (χ1v) is 6.97. The van der Waals surface area contributed by atoms with E-state index in [4.69, 9.17) is 16.9 Å². The van der Waals surface area contributed by atoms with Crippen LogP contribution in [0.1, 0.15) is 12.5 Å². The Morgan fingerprint density at radius 3 is 2.68 bits per heavy atom. The quantitative estimate of drug-likeness (QED) is 0.839. The van der Waals surface area contributed by atoms with Crippen molar-refractivity contribution in [1.29, 1.82) is 5.26 Å². The number of hydrogen-bond donors (Lipinski definition) is 1. The third-order valence-electron chi connectivity index (χ3n) is 2.24. The van der Waals surface area contributed by atoms with Gasteiger partial charge in [0.2, 0.25) is 10.0 Å². The van der Waals surface area contributed by atoms with Gasteiger partial charge in [0, 0.05) is 5.02 Å². The summed E-state index contributed by atoms with van der Waals surface area (Å²) in [5.74, 6) is -0.732. The highest BCUT2D eigenvalue weighted by atomic mass is 35.5. The summed E-state index contributed by atoms with van der Waals surface area (Å²) in [6, 6.07) is 4.52. The fourth-order valence-electron chi connectivity index (χ4n) is 1.33. The van der Waals surface area contributed by atoms with Crippen LogP contribution in [0.3, 0.4) is 0 Å². The number of carbonyl (C=O) groups excluding carboxylic acids is 1. The highest BCUT2D eigenvalue weighted by molar-refractivity contribution is 7.89. The van der Waals surface area contributed by atoms with E-state index in [-0.39, 0.29) is 15.5 Å². The zero-order valence-electron chi connectivity index (χ0n) is 10.2. The maximum atomic E-state index is 12.1. The van der Waals surface area contributed by atoms with E-state index in [1.165, 1.54) is 19.1 Å². The van der Waals surface area contributed by atoms with Gasteiger partial charge in [-0.3, -0.25) is 4.79 Å². The molecule has 1 N–H and O–H groups in total. The van der Waals surface area contributed by atoms with Crippen molar-refractivity contribution in [2.24, 2.45) is 0 Å². The van der Waals surface area contributed by atoms with Crippen LogP contribution >= 0.6 is 11.6 Å². The number of nitriles is 1. The summed E-state index contributed by atoms with van der Waals surface area (Å²) < 4.78 is 30.7. The Kier molecular flexibility index (Phi) is 4.89. The summed E-state index contributed by atoms with van der Waals surface area (Å²) in [5, 5.41) is 9.06. The topological polar surface area (TPSA) is 96.3 Å². The van der Waals surface area contributed by atoms with Gasteiger partial charge in [0.05, 0.1) is 12.7 Å². The maximum absolute atomic E-state index is 12.1. The largest absolute Gasteiger partial charge is 0.468 e. The number of halogens is 1. The highest BCUT2D eigenvalue weighted by Gasteiger charge is 2.25. The summed E-state index contributed by atoms with van der Waals surface area (Å²) >= 11 is 5.71. The van der Waals surface area contributed by atoms with E-state index in [0.29, 0.717) is 0 Å². The molecule has 0 aliphatic rings. The van der Waals surface area contributed by atoms with E-state index >= 15 is 0 Å². The third kappa shape index (κ3) is 3.67. The average molecular weight is 303 g/mol. The molecule has 0 spiro atoms. The molecule has 0 fully saturated rings. The molecule has 0 aliphatic carbocycles. The van der Waals surface area contributed by atoms with Gasteiger partial charge in [-0.15, -0.1) is 0 Å². The summed E-state index contributed by atoms with van der Waals surface area (Å²) in [5.41, 5.74) is -0.0611. The van der Waals surface area contributed by atoms with Crippen molar-refractivity contribution in [3.8, 4) is 6.07 Å². The van der Waals surface area contributed by atoms with Gasteiger partial charge in [-0.2, -0.15) is 9.98 Å². The minimum Gasteiger partial charge on any atom is -0.468 e. The van der Waals surface area contributed by atoms with Crippen molar-refractivity contribution in [2.45, 2.75) is 17.9 Å². The molecule has 1 rings (SSSR count). The maximum Gasteiger partial charge on any atom is 0.323 e. The number of methoxy groups -OCH3 is 1. The molecule has 6 nitrogen and oxygen atoms in total. The van der Waals surface area contributed by atoms with Crippen LogP contribution in [0.5, 0.6) is 0 Å². The molecule has 19 heavy (non-hydrogen) atoms. The molecule has 1 aromatic carbocycles. The van der Waals surface area contributed by atoms with Gasteiger partial charge in [0.15, 0.2) is 0 Å². The van der Waals surface area contributed by atoms with Crippen molar-refractivity contribution in [3.05, 3.63) is 28.8 Å². The first-order valence-electron chi connectivity index (χ1n) is 5.11. The minimum absolute atomic E-state index is 0.0611. The van der Waals surface area contributed by atoms with E-state index in [2.05, 4.69) is 9.46 Å². The smallest absolute Gasteiger partial charge is 0.323 e. The van der Waals surface area contributed by atoms with Crippen LogP contribution in [0.25, 0.3) is 0 Å². The summed E-state index contributed by atoms with van der Waals surface area (Å²) in [6.07, 6.45) is 0. The second kappa shape index (κ2) is 6.02. The van der Waals surface area contributed by atoms with Crippen molar-refractivity contribution in [1.82, 2.24) is 4.72 Å². The van der Waals surface area contributed by atoms with E-state index in [9.17, 15) is 13.2 Å². The summed E-state index contributed by atoms with van der Waals surface area (Å²) in [6.45, 7) is 1.33. The normalized spacial score (nSPS) is 12.5. The lowest BCUT2D eigenvalue weighted by molar-refractivity contribution is -0.142. The molecule has 0 saturated heterocycles. The molecular weight excluding hydrogens is 292 g/mol. The molecule has 1 atom stereocenters. The molecule has 0 saturated carbocycles. The molecule has 8 heteroatoms. The molecule has 0 aliphatic heterocycles. The van der Waals surface area contributed by atoms with E-state index < -0.39 is 22.0 Å². The Labute approximate surface area is 116 Å². The average Bonchev–Trinajstić information content (AvgIpc) is 2.37. The minimum atomic E-state index is -4.04. The summed E-state index contributed by atoms with van der Waals surface area (Å²) in [4.78, 5) is 10.9. The molecule has 1 aromatic rings. The Morgan fingerprint density at radius 2 is 2.16 bits per heavy atom. The lowest BCUT2D eigenvalue weighted by Crippen LogP contribution is -2.39. The Morgan fingerprint density at radius 1 is 1.53 bits per heavy atom. The predicted octanol–water partition coefficient (Wildman–Crippen LogP) is 1.05. The summed E-state index contributed by atoms with van der Waals surface area (Å²) in [7, 11) is -2.89. The van der Waals surface area contributed by atoms with Crippen LogP contribution in [0.4, 0.5) is 0 Å². The zero-order valence-corrected chi connectivity index (χ0v) is 11.7. The number of esters is 1. The lowest BCUT2D eigenvalue weighted by atomic mass is 10.2. The van der Waals surface area contributed by atoms with E-state index in [1.807, 2.05) is 0 Å². The van der Waals surface area contributed by atoms with Gasteiger partial charge in [-0.05, 0) is 25.1 Å². The highest BCUT2D eigenvalue weighted by Crippen LogP contribution is 2.20. The third-order valence-corrected chi connectivity index (χ3v) is 4.06. The van der Waals surface area contributed by atoms with Crippen LogP contribution in [-0.4, -0.2) is 27.5 Å². The monoisotopic (exact) mass is 302 g/mol. The molecule has 1 unspecified atom stereocenters. The van der Waals surface area contributed by atoms with Gasteiger partial charge in [-0.25, -0.2) is 8.42 Å². The standard InChI is InChI=1S/C11H11ClN2O4S/c1-7(11(15)18-2)14-19(16,17)10-5-9(12)4-3-8(10)6-13/h3-5,7,14H,1-2H3. The predicted molar refractivity (Wildman–Crippen MR) is 68.0 cm³/mol. The van der Waals surface area contributed by atoms with Gasteiger partial charge >= 0.3 is 5.97 Å². The fraction of sp³-hybridized carbons (Fsp3) is 0.273. The second-order valence-corrected chi connectivity index (χ2v) is 5.74. The second-order valence-electron chi connectivity index (χ2n) is 3.62. The number of carbonyl (C=O) groups is 1. The molecule has 0 heterocycles. The Bertz CT molecular complexity index is 637. The van der Waals surface area contributed by atoms with Gasteiger partial charge in [-0.1, -0.05) is 11.6 Å². The van der Waals surface area contributed by atoms with Crippen molar-refractivity contribution in [3.63, 3.8) is 0 Å². The number of nitrogens with one attached hydrogen (secondary N) is 1. The van der Waals surface area contributed by atoms with Crippen LogP contribution < -0.4 is 4.72 Å².